The van der Waals surface area contributed by atoms with Crippen molar-refractivity contribution in [1.82, 2.24) is 14.8 Å². The van der Waals surface area contributed by atoms with Crippen LogP contribution in [-0.4, -0.2) is 66.5 Å². The molecule has 1 aromatic heterocycles. The van der Waals surface area contributed by atoms with Gasteiger partial charge in [0.05, 0.1) is 5.69 Å². The molecule has 8 heteroatoms. The van der Waals surface area contributed by atoms with Crippen molar-refractivity contribution in [3.8, 4) is 11.1 Å². The van der Waals surface area contributed by atoms with Gasteiger partial charge in [-0.25, -0.2) is 13.8 Å². The molecule has 4 heterocycles. The Hall–Kier alpha value is -3.52. The maximum atomic E-state index is 14.3. The molecule has 0 saturated carbocycles. The van der Waals surface area contributed by atoms with Crippen LogP contribution in [0.2, 0.25) is 0 Å². The van der Waals surface area contributed by atoms with Gasteiger partial charge in [0.1, 0.15) is 17.5 Å². The molecule has 0 atom stereocenters. The van der Waals surface area contributed by atoms with Crippen molar-refractivity contribution in [3.05, 3.63) is 77.5 Å². The molecule has 39 heavy (non-hydrogen) atoms. The second-order valence-corrected chi connectivity index (χ2v) is 11.0. The van der Waals surface area contributed by atoms with Crippen molar-refractivity contribution >= 4 is 17.4 Å². The number of rotatable bonds is 6. The molecule has 6 nitrogen and oxygen atoms in total. The van der Waals surface area contributed by atoms with E-state index < -0.39 is 11.6 Å². The van der Waals surface area contributed by atoms with E-state index >= 15 is 0 Å². The number of hydrogen-bond acceptors (Lipinski definition) is 5. The lowest BCUT2D eigenvalue weighted by Crippen LogP contribution is -2.41. The fourth-order valence-electron chi connectivity index (χ4n) is 6.09. The Morgan fingerprint density at radius 2 is 1.69 bits per heavy atom. The SMILES string of the molecule is O=C(c1ccc(-c2cnc3c(c2)N(Cc2cc(F)ccc2F)CCN3)cc1)N1CCC(CN2CCCC2)CC1. The predicted molar refractivity (Wildman–Crippen MR) is 150 cm³/mol. The van der Waals surface area contributed by atoms with E-state index in [1.54, 1.807) is 6.20 Å². The molecule has 6 rings (SSSR count). The maximum Gasteiger partial charge on any atom is 0.253 e. The van der Waals surface area contributed by atoms with Crippen LogP contribution in [0.5, 0.6) is 0 Å². The lowest BCUT2D eigenvalue weighted by Gasteiger charge is -2.34. The Balaban J connectivity index is 1.12. The van der Waals surface area contributed by atoms with Crippen LogP contribution >= 0.6 is 0 Å². The Bertz CT molecular complexity index is 1320. The second-order valence-electron chi connectivity index (χ2n) is 11.0. The van der Waals surface area contributed by atoms with Crippen LogP contribution < -0.4 is 10.2 Å². The van der Waals surface area contributed by atoms with Gasteiger partial charge in [-0.05, 0) is 86.7 Å². The highest BCUT2D eigenvalue weighted by Gasteiger charge is 2.26. The zero-order chi connectivity index (χ0) is 26.8. The van der Waals surface area contributed by atoms with Gasteiger partial charge in [-0.1, -0.05) is 12.1 Å². The highest BCUT2D eigenvalue weighted by Crippen LogP contribution is 2.33. The molecule has 204 valence electrons. The lowest BCUT2D eigenvalue weighted by molar-refractivity contribution is 0.0673. The minimum atomic E-state index is -0.449. The van der Waals surface area contributed by atoms with Gasteiger partial charge in [0.15, 0.2) is 0 Å². The third-order valence-electron chi connectivity index (χ3n) is 8.33. The molecule has 3 aliphatic rings. The summed E-state index contributed by atoms with van der Waals surface area (Å²) in [6.45, 7) is 6.85. The van der Waals surface area contributed by atoms with Crippen molar-refractivity contribution in [3.63, 3.8) is 0 Å². The predicted octanol–water partition coefficient (Wildman–Crippen LogP) is 5.41. The van der Waals surface area contributed by atoms with E-state index in [1.807, 2.05) is 40.1 Å². The summed E-state index contributed by atoms with van der Waals surface area (Å²) < 4.78 is 28.1. The molecular weight excluding hydrogens is 496 g/mol. The van der Waals surface area contributed by atoms with E-state index in [0.717, 1.165) is 54.6 Å². The fourth-order valence-corrected chi connectivity index (χ4v) is 6.09. The van der Waals surface area contributed by atoms with Crippen molar-refractivity contribution in [2.45, 2.75) is 32.2 Å². The van der Waals surface area contributed by atoms with Crippen LogP contribution in [0.3, 0.4) is 0 Å². The zero-order valence-electron chi connectivity index (χ0n) is 22.2. The van der Waals surface area contributed by atoms with Gasteiger partial charge in [-0.3, -0.25) is 4.79 Å². The van der Waals surface area contributed by atoms with Gasteiger partial charge in [-0.2, -0.15) is 0 Å². The average molecular weight is 532 g/mol. The van der Waals surface area contributed by atoms with Crippen molar-refractivity contribution in [1.29, 1.82) is 0 Å². The first-order chi connectivity index (χ1) is 19.0. The molecule has 0 radical (unpaired) electrons. The Morgan fingerprint density at radius 1 is 0.923 bits per heavy atom. The number of benzene rings is 2. The standard InChI is InChI=1S/C31H35F2N5O/c32-27-7-8-28(33)26(17-27)21-38-16-11-34-30-29(38)18-25(19-35-30)23-3-5-24(6-4-23)31(39)37-14-9-22(10-15-37)20-36-12-1-2-13-36/h3-8,17-19,22H,1-2,9-16,20-21H2,(H,34,35). The summed E-state index contributed by atoms with van der Waals surface area (Å²) in [6, 6.07) is 13.3. The highest BCUT2D eigenvalue weighted by molar-refractivity contribution is 5.95. The molecule has 1 N–H and O–H groups in total. The van der Waals surface area contributed by atoms with Crippen LogP contribution in [0.1, 0.15) is 41.6 Å². The van der Waals surface area contributed by atoms with E-state index in [0.29, 0.717) is 30.1 Å². The third-order valence-corrected chi connectivity index (χ3v) is 8.33. The van der Waals surface area contributed by atoms with Gasteiger partial charge in [-0.15, -0.1) is 0 Å². The third kappa shape index (κ3) is 5.76. The first kappa shape index (κ1) is 25.7. The van der Waals surface area contributed by atoms with Gasteiger partial charge >= 0.3 is 0 Å². The van der Waals surface area contributed by atoms with E-state index in [9.17, 15) is 13.6 Å². The molecule has 3 aromatic rings. The molecule has 0 unspecified atom stereocenters. The van der Waals surface area contributed by atoms with Gasteiger partial charge in [0.25, 0.3) is 5.91 Å². The maximum absolute atomic E-state index is 14.3. The van der Waals surface area contributed by atoms with Gasteiger partial charge in [0.2, 0.25) is 0 Å². The summed E-state index contributed by atoms with van der Waals surface area (Å²) in [5.74, 6) is 0.642. The first-order valence-electron chi connectivity index (χ1n) is 14.1. The second kappa shape index (κ2) is 11.3. The Labute approximate surface area is 228 Å². The normalized spacial score (nSPS) is 18.2. The Kier molecular flexibility index (Phi) is 7.46. The topological polar surface area (TPSA) is 51.7 Å². The number of hydrogen-bond donors (Lipinski definition) is 1. The summed E-state index contributed by atoms with van der Waals surface area (Å²) in [4.78, 5) is 24.4. The molecule has 0 aliphatic carbocycles. The molecule has 0 spiro atoms. The molecule has 2 aromatic carbocycles. The number of nitrogens with zero attached hydrogens (tertiary/aromatic N) is 4. The van der Waals surface area contributed by atoms with Crippen LogP contribution in [0.15, 0.2) is 54.7 Å². The largest absolute Gasteiger partial charge is 0.367 e. The molecule has 0 bridgehead atoms. The van der Waals surface area contributed by atoms with Crippen LogP contribution in [-0.2, 0) is 6.54 Å². The van der Waals surface area contributed by atoms with E-state index in [-0.39, 0.29) is 12.5 Å². The number of piperidine rings is 1. The van der Waals surface area contributed by atoms with Crippen LogP contribution in [0, 0.1) is 17.6 Å². The van der Waals surface area contributed by atoms with Crippen molar-refractivity contribution in [2.24, 2.45) is 5.92 Å². The quantitative estimate of drug-likeness (QED) is 0.461. The molecule has 3 aliphatic heterocycles. The van der Waals surface area contributed by atoms with Gasteiger partial charge in [0, 0.05) is 62.2 Å². The summed E-state index contributed by atoms with van der Waals surface area (Å²) in [5.41, 5.74) is 3.72. The number of nitrogens with one attached hydrogen (secondary N) is 1. The minimum absolute atomic E-state index is 0.0947. The zero-order valence-corrected chi connectivity index (χ0v) is 22.2. The van der Waals surface area contributed by atoms with E-state index in [2.05, 4.69) is 15.2 Å². The van der Waals surface area contributed by atoms with Gasteiger partial charge < -0.3 is 20.0 Å². The molecular formula is C31H35F2N5O. The first-order valence-corrected chi connectivity index (χ1v) is 14.1. The summed E-state index contributed by atoms with van der Waals surface area (Å²) in [6.07, 6.45) is 6.59. The highest BCUT2D eigenvalue weighted by atomic mass is 19.1. The number of aromatic nitrogens is 1. The fraction of sp³-hybridized carbons (Fsp3) is 0.419. The molecule has 1 amide bonds. The van der Waals surface area contributed by atoms with E-state index in [4.69, 9.17) is 0 Å². The molecule has 2 fully saturated rings. The number of halogens is 2. The average Bonchev–Trinajstić information content (AvgIpc) is 3.48. The number of pyridine rings is 1. The number of fused-ring (bicyclic) bond motifs is 1. The Morgan fingerprint density at radius 3 is 2.46 bits per heavy atom. The van der Waals surface area contributed by atoms with E-state index in [1.165, 1.54) is 44.6 Å². The number of anilines is 2. The number of carbonyl (C=O) groups is 1. The van der Waals surface area contributed by atoms with Crippen molar-refractivity contribution in [2.75, 3.05) is 56.0 Å². The smallest absolute Gasteiger partial charge is 0.253 e. The summed E-state index contributed by atoms with van der Waals surface area (Å²) >= 11 is 0. The summed E-state index contributed by atoms with van der Waals surface area (Å²) in [5, 5.41) is 3.29. The number of amides is 1. The number of carbonyl (C=O) groups excluding carboxylic acids is 1. The van der Waals surface area contributed by atoms with Crippen LogP contribution in [0.4, 0.5) is 20.3 Å². The minimum Gasteiger partial charge on any atom is -0.367 e. The van der Waals surface area contributed by atoms with Crippen molar-refractivity contribution < 1.29 is 13.6 Å². The monoisotopic (exact) mass is 531 g/mol. The lowest BCUT2D eigenvalue weighted by atomic mass is 9.95. The summed E-state index contributed by atoms with van der Waals surface area (Å²) in [7, 11) is 0. The molecule has 2 saturated heterocycles. The van der Waals surface area contributed by atoms with Crippen LogP contribution in [0.25, 0.3) is 11.1 Å². The number of likely N-dealkylation sites (tertiary alicyclic amines) is 2.